The number of aryl methyl sites for hydroxylation is 1. The lowest BCUT2D eigenvalue weighted by atomic mass is 10.1. The van der Waals surface area contributed by atoms with Crippen LogP contribution in [0.25, 0.3) is 0 Å². The molecule has 1 heterocycles. The highest BCUT2D eigenvalue weighted by Gasteiger charge is 2.23. The first-order chi connectivity index (χ1) is 16.7. The molecule has 1 aliphatic rings. The zero-order valence-electron chi connectivity index (χ0n) is 20.4. The lowest BCUT2D eigenvalue weighted by molar-refractivity contribution is -0.131. The monoisotopic (exact) mass is 480 g/mol. The largest absolute Gasteiger partial charge is 0.497 e. The number of nitrogens with one attached hydrogen (secondary N) is 2. The van der Waals surface area contributed by atoms with Crippen LogP contribution in [0.1, 0.15) is 42.6 Å². The first-order valence-electron chi connectivity index (χ1n) is 11.7. The van der Waals surface area contributed by atoms with Crippen molar-refractivity contribution in [3.8, 4) is 5.75 Å². The number of ether oxygens (including phenoxy) is 1. The van der Waals surface area contributed by atoms with E-state index in [2.05, 4.69) is 10.6 Å². The van der Waals surface area contributed by atoms with Crippen LogP contribution in [0.2, 0.25) is 0 Å². The van der Waals surface area contributed by atoms with Gasteiger partial charge in [-0.25, -0.2) is 0 Å². The molecule has 0 atom stereocenters. The highest BCUT2D eigenvalue weighted by Crippen LogP contribution is 2.22. The predicted octanol–water partition coefficient (Wildman–Crippen LogP) is 2.92. The quantitative estimate of drug-likeness (QED) is 0.634. The van der Waals surface area contributed by atoms with E-state index in [1.807, 2.05) is 29.2 Å². The third-order valence-electron chi connectivity index (χ3n) is 5.74. The van der Waals surface area contributed by atoms with Gasteiger partial charge < -0.3 is 25.2 Å². The summed E-state index contributed by atoms with van der Waals surface area (Å²) >= 11 is 0. The molecule has 0 aliphatic carbocycles. The summed E-state index contributed by atoms with van der Waals surface area (Å²) in [6.07, 6.45) is 1.72. The van der Waals surface area contributed by atoms with Crippen LogP contribution in [0.3, 0.4) is 0 Å². The second kappa shape index (κ2) is 12.0. The second-order valence-corrected chi connectivity index (χ2v) is 8.54. The molecule has 0 unspecified atom stereocenters. The van der Waals surface area contributed by atoms with Gasteiger partial charge in [0.2, 0.25) is 17.7 Å². The van der Waals surface area contributed by atoms with E-state index in [1.165, 1.54) is 13.8 Å². The molecule has 2 aromatic carbocycles. The van der Waals surface area contributed by atoms with Crippen LogP contribution in [0, 0.1) is 0 Å². The van der Waals surface area contributed by atoms with Crippen molar-refractivity contribution in [2.75, 3.05) is 43.9 Å². The number of anilines is 2. The molecule has 0 saturated carbocycles. The van der Waals surface area contributed by atoms with Gasteiger partial charge in [-0.15, -0.1) is 0 Å². The minimum Gasteiger partial charge on any atom is -0.497 e. The van der Waals surface area contributed by atoms with Crippen LogP contribution in [0.4, 0.5) is 11.4 Å². The first kappa shape index (κ1) is 25.7. The number of hydrogen-bond donors (Lipinski definition) is 2. The molecule has 9 heteroatoms. The Balaban J connectivity index is 1.62. The van der Waals surface area contributed by atoms with E-state index in [-0.39, 0.29) is 23.6 Å². The molecule has 35 heavy (non-hydrogen) atoms. The summed E-state index contributed by atoms with van der Waals surface area (Å²) < 4.78 is 5.17. The molecular formula is C26H32N4O5. The minimum absolute atomic E-state index is 0.0655. The molecule has 0 spiro atoms. The molecule has 0 radical (unpaired) electrons. The fraction of sp³-hybridized carbons (Fsp3) is 0.385. The number of nitrogens with zero attached hydrogens (tertiary/aromatic N) is 2. The van der Waals surface area contributed by atoms with Crippen molar-refractivity contribution in [2.24, 2.45) is 0 Å². The van der Waals surface area contributed by atoms with E-state index in [9.17, 15) is 19.2 Å². The van der Waals surface area contributed by atoms with Crippen molar-refractivity contribution < 1.29 is 23.9 Å². The Labute approximate surface area is 205 Å². The summed E-state index contributed by atoms with van der Waals surface area (Å²) in [6, 6.07) is 12.5. The number of methoxy groups -OCH3 is 1. The van der Waals surface area contributed by atoms with Crippen LogP contribution in [0.5, 0.6) is 5.75 Å². The molecule has 2 aromatic rings. The van der Waals surface area contributed by atoms with E-state index < -0.39 is 0 Å². The normalized spacial score (nSPS) is 13.6. The zero-order valence-corrected chi connectivity index (χ0v) is 20.4. The van der Waals surface area contributed by atoms with Gasteiger partial charge in [0.15, 0.2) is 0 Å². The van der Waals surface area contributed by atoms with Crippen molar-refractivity contribution in [3.63, 3.8) is 0 Å². The van der Waals surface area contributed by atoms with Gasteiger partial charge in [-0.3, -0.25) is 19.2 Å². The standard InChI is InChI=1S/C26H32N4O5/c1-18(31)27-22-15-21(16-23(17-22)28-19(2)32)26(34)30-12-4-11-29(13-14-30)25(33)10-7-20-5-8-24(35-3)9-6-20/h5-6,8-9,15-17H,4,7,10-14H2,1-3H3,(H,27,31)(H,28,32). The second-order valence-electron chi connectivity index (χ2n) is 8.54. The number of amides is 4. The maximum Gasteiger partial charge on any atom is 0.254 e. The van der Waals surface area contributed by atoms with Gasteiger partial charge >= 0.3 is 0 Å². The molecule has 1 aliphatic heterocycles. The van der Waals surface area contributed by atoms with Gasteiger partial charge in [0, 0.05) is 63.4 Å². The molecule has 4 amide bonds. The average Bonchev–Trinajstić information content (AvgIpc) is 3.08. The molecule has 9 nitrogen and oxygen atoms in total. The smallest absolute Gasteiger partial charge is 0.254 e. The molecule has 1 saturated heterocycles. The summed E-state index contributed by atoms with van der Waals surface area (Å²) in [5.41, 5.74) is 2.29. The number of benzene rings is 2. The highest BCUT2D eigenvalue weighted by molar-refractivity contribution is 6.00. The summed E-state index contributed by atoms with van der Waals surface area (Å²) in [7, 11) is 1.62. The third-order valence-corrected chi connectivity index (χ3v) is 5.74. The van der Waals surface area contributed by atoms with Crippen LogP contribution in [-0.2, 0) is 20.8 Å². The van der Waals surface area contributed by atoms with Crippen molar-refractivity contribution in [2.45, 2.75) is 33.1 Å². The Bertz CT molecular complexity index is 1050. The lowest BCUT2D eigenvalue weighted by Gasteiger charge is -2.23. The molecular weight excluding hydrogens is 448 g/mol. The van der Waals surface area contributed by atoms with Crippen molar-refractivity contribution in [1.82, 2.24) is 9.80 Å². The number of carbonyl (C=O) groups excluding carboxylic acids is 4. The summed E-state index contributed by atoms with van der Waals surface area (Å²) in [5.74, 6) is 0.0834. The van der Waals surface area contributed by atoms with Gasteiger partial charge in [-0.1, -0.05) is 12.1 Å². The number of hydrogen-bond acceptors (Lipinski definition) is 5. The fourth-order valence-corrected chi connectivity index (χ4v) is 4.06. The Kier molecular flexibility index (Phi) is 8.83. The molecule has 0 bridgehead atoms. The van der Waals surface area contributed by atoms with Crippen LogP contribution in [0.15, 0.2) is 42.5 Å². The molecule has 186 valence electrons. The Morgan fingerprint density at radius 3 is 1.97 bits per heavy atom. The van der Waals surface area contributed by atoms with E-state index >= 15 is 0 Å². The highest BCUT2D eigenvalue weighted by atomic mass is 16.5. The predicted molar refractivity (Wildman–Crippen MR) is 133 cm³/mol. The van der Waals surface area contributed by atoms with Crippen molar-refractivity contribution in [1.29, 1.82) is 0 Å². The van der Waals surface area contributed by atoms with Crippen LogP contribution >= 0.6 is 0 Å². The van der Waals surface area contributed by atoms with E-state index in [0.29, 0.717) is 62.4 Å². The molecule has 2 N–H and O–H groups in total. The SMILES string of the molecule is COc1ccc(CCC(=O)N2CCCN(C(=O)c3cc(NC(C)=O)cc(NC(C)=O)c3)CC2)cc1. The number of carbonyl (C=O) groups is 4. The lowest BCUT2D eigenvalue weighted by Crippen LogP contribution is -2.37. The van der Waals surface area contributed by atoms with E-state index in [1.54, 1.807) is 30.2 Å². The van der Waals surface area contributed by atoms with Crippen molar-refractivity contribution >= 4 is 35.0 Å². The minimum atomic E-state index is -0.276. The Morgan fingerprint density at radius 1 is 0.829 bits per heavy atom. The summed E-state index contributed by atoms with van der Waals surface area (Å²) in [4.78, 5) is 52.6. The van der Waals surface area contributed by atoms with Crippen LogP contribution < -0.4 is 15.4 Å². The maximum atomic E-state index is 13.3. The summed E-state index contributed by atoms with van der Waals surface area (Å²) in [5, 5.41) is 5.33. The van der Waals surface area contributed by atoms with Gasteiger partial charge in [0.05, 0.1) is 7.11 Å². The van der Waals surface area contributed by atoms with E-state index in [4.69, 9.17) is 4.74 Å². The fourth-order valence-electron chi connectivity index (χ4n) is 4.06. The van der Waals surface area contributed by atoms with Crippen molar-refractivity contribution in [3.05, 3.63) is 53.6 Å². The van der Waals surface area contributed by atoms with E-state index in [0.717, 1.165) is 11.3 Å². The summed E-state index contributed by atoms with van der Waals surface area (Å²) in [6.45, 7) is 4.72. The Hall–Kier alpha value is -3.88. The zero-order chi connectivity index (χ0) is 25.4. The molecule has 3 rings (SSSR count). The number of rotatable bonds is 7. The average molecular weight is 481 g/mol. The first-order valence-corrected chi connectivity index (χ1v) is 11.7. The molecule has 1 fully saturated rings. The topological polar surface area (TPSA) is 108 Å². The van der Waals surface area contributed by atoms with Crippen LogP contribution in [-0.4, -0.2) is 66.7 Å². The van der Waals surface area contributed by atoms with Gasteiger partial charge in [-0.2, -0.15) is 0 Å². The Morgan fingerprint density at radius 2 is 1.40 bits per heavy atom. The molecule has 0 aromatic heterocycles. The maximum absolute atomic E-state index is 13.3. The van der Waals surface area contributed by atoms with Gasteiger partial charge in [-0.05, 0) is 48.7 Å². The van der Waals surface area contributed by atoms with Gasteiger partial charge in [0.1, 0.15) is 5.75 Å². The third kappa shape index (κ3) is 7.56. The van der Waals surface area contributed by atoms with Gasteiger partial charge in [0.25, 0.3) is 5.91 Å².